The van der Waals surface area contributed by atoms with Crippen LogP contribution in [-0.2, 0) is 6.54 Å². The van der Waals surface area contributed by atoms with Gasteiger partial charge in [-0.15, -0.1) is 16.1 Å². The van der Waals surface area contributed by atoms with Gasteiger partial charge in [-0.1, -0.05) is 12.8 Å². The van der Waals surface area contributed by atoms with Crippen molar-refractivity contribution < 1.29 is 13.2 Å². The monoisotopic (exact) mass is 266 g/mol. The van der Waals surface area contributed by atoms with Crippen molar-refractivity contribution in [3.8, 4) is 23.2 Å². The molecule has 0 saturated carbocycles. The molecular weight excluding hydrogens is 257 g/mol. The summed E-state index contributed by atoms with van der Waals surface area (Å²) in [5.41, 5.74) is 0.0195. The summed E-state index contributed by atoms with van der Waals surface area (Å²) in [4.78, 5) is 1.19. The van der Waals surface area contributed by atoms with Gasteiger partial charge in [0.05, 0.1) is 0 Å². The van der Waals surface area contributed by atoms with Crippen LogP contribution in [-0.4, -0.2) is 20.2 Å². The molecule has 0 atom stereocenters. The third-order valence-electron chi connectivity index (χ3n) is 2.22. The van der Waals surface area contributed by atoms with Crippen LogP contribution in [0.15, 0.2) is 12.1 Å². The van der Waals surface area contributed by atoms with E-state index in [0.29, 0.717) is 6.42 Å². The Kier molecular flexibility index (Phi) is 3.80. The second-order valence-corrected chi connectivity index (χ2v) is 3.60. The molecule has 0 bridgehead atoms. The molecule has 0 amide bonds. The van der Waals surface area contributed by atoms with Crippen LogP contribution in [0.5, 0.6) is 0 Å². The van der Waals surface area contributed by atoms with Crippen LogP contribution in [0.1, 0.15) is 13.3 Å². The molecule has 98 valence electrons. The fraction of sp³-hybridized carbons (Fsp3) is 0.250. The summed E-state index contributed by atoms with van der Waals surface area (Å²) in [6.07, 6.45) is 0.704. The summed E-state index contributed by atoms with van der Waals surface area (Å²) in [6.45, 7) is 2.13. The van der Waals surface area contributed by atoms with Gasteiger partial charge in [0.1, 0.15) is 6.54 Å². The standard InChI is InChI=1S/C12H9F3N4/c1-2-3-4-5-19-17-12(16-18-19)8-6-9(13)11(15)10(14)7-8/h6-7H,2,5H2,1H3. The molecule has 0 aliphatic heterocycles. The highest BCUT2D eigenvalue weighted by Crippen LogP contribution is 2.20. The molecule has 1 heterocycles. The van der Waals surface area contributed by atoms with Crippen molar-refractivity contribution in [2.24, 2.45) is 0 Å². The Morgan fingerprint density at radius 3 is 2.47 bits per heavy atom. The molecule has 7 heteroatoms. The van der Waals surface area contributed by atoms with Gasteiger partial charge in [-0.2, -0.15) is 4.80 Å². The average Bonchev–Trinajstić information content (AvgIpc) is 2.84. The molecule has 0 aliphatic carbocycles. The highest BCUT2D eigenvalue weighted by atomic mass is 19.2. The lowest BCUT2D eigenvalue weighted by Gasteiger charge is -1.98. The molecule has 2 aromatic rings. The van der Waals surface area contributed by atoms with Crippen molar-refractivity contribution in [1.82, 2.24) is 20.2 Å². The molecule has 1 aromatic carbocycles. The van der Waals surface area contributed by atoms with E-state index in [-0.39, 0.29) is 17.9 Å². The molecule has 0 N–H and O–H groups in total. The Morgan fingerprint density at radius 2 is 1.84 bits per heavy atom. The summed E-state index contributed by atoms with van der Waals surface area (Å²) in [5.74, 6) is 1.51. The Hall–Kier alpha value is -2.36. The maximum Gasteiger partial charge on any atom is 0.205 e. The van der Waals surface area contributed by atoms with Crippen LogP contribution in [0.3, 0.4) is 0 Å². The molecular formula is C12H9F3N4. The van der Waals surface area contributed by atoms with E-state index in [1.807, 2.05) is 6.92 Å². The topological polar surface area (TPSA) is 43.6 Å². The lowest BCUT2D eigenvalue weighted by Crippen LogP contribution is -2.00. The fourth-order valence-corrected chi connectivity index (χ4v) is 1.36. The first kappa shape index (κ1) is 13.1. The molecule has 0 radical (unpaired) electrons. The third kappa shape index (κ3) is 2.91. The van der Waals surface area contributed by atoms with Crippen LogP contribution in [0, 0.1) is 29.3 Å². The summed E-state index contributed by atoms with van der Waals surface area (Å²) >= 11 is 0. The number of rotatable bonds is 2. The van der Waals surface area contributed by atoms with Crippen LogP contribution in [0.2, 0.25) is 0 Å². The molecule has 2 rings (SSSR count). The molecule has 0 spiro atoms. The van der Waals surface area contributed by atoms with E-state index in [2.05, 4.69) is 27.3 Å². The third-order valence-corrected chi connectivity index (χ3v) is 2.22. The maximum atomic E-state index is 13.1. The van der Waals surface area contributed by atoms with Gasteiger partial charge in [0.15, 0.2) is 17.5 Å². The summed E-state index contributed by atoms with van der Waals surface area (Å²) in [5, 5.41) is 11.2. The lowest BCUT2D eigenvalue weighted by atomic mass is 10.2. The largest absolute Gasteiger partial charge is 0.205 e. The van der Waals surface area contributed by atoms with Crippen LogP contribution < -0.4 is 0 Å². The van der Waals surface area contributed by atoms with E-state index in [1.165, 1.54) is 4.80 Å². The number of hydrogen-bond acceptors (Lipinski definition) is 3. The first-order valence-electron chi connectivity index (χ1n) is 5.50. The Bertz CT molecular complexity index is 631. The smallest absolute Gasteiger partial charge is 0.204 e. The molecule has 4 nitrogen and oxygen atoms in total. The number of aromatic nitrogens is 4. The van der Waals surface area contributed by atoms with Crippen molar-refractivity contribution in [3.05, 3.63) is 29.6 Å². The average molecular weight is 266 g/mol. The minimum absolute atomic E-state index is 0.0103. The Morgan fingerprint density at radius 1 is 1.16 bits per heavy atom. The number of hydrogen-bond donors (Lipinski definition) is 0. The van der Waals surface area contributed by atoms with Gasteiger partial charge in [0.25, 0.3) is 0 Å². The zero-order chi connectivity index (χ0) is 13.8. The van der Waals surface area contributed by atoms with E-state index < -0.39 is 17.5 Å². The molecule has 0 aliphatic rings. The Labute approximate surface area is 107 Å². The second kappa shape index (κ2) is 5.52. The highest BCUT2D eigenvalue weighted by molar-refractivity contribution is 5.53. The van der Waals surface area contributed by atoms with Crippen molar-refractivity contribution in [1.29, 1.82) is 0 Å². The number of halogens is 3. The van der Waals surface area contributed by atoms with Crippen LogP contribution in [0.25, 0.3) is 11.4 Å². The lowest BCUT2D eigenvalue weighted by molar-refractivity contribution is 0.447. The quantitative estimate of drug-likeness (QED) is 0.618. The second-order valence-electron chi connectivity index (χ2n) is 3.60. The van der Waals surface area contributed by atoms with Crippen LogP contribution in [0.4, 0.5) is 13.2 Å². The van der Waals surface area contributed by atoms with E-state index in [4.69, 9.17) is 0 Å². The van der Waals surface area contributed by atoms with E-state index >= 15 is 0 Å². The first-order valence-corrected chi connectivity index (χ1v) is 5.50. The zero-order valence-electron chi connectivity index (χ0n) is 9.99. The van der Waals surface area contributed by atoms with E-state index in [9.17, 15) is 13.2 Å². The highest BCUT2D eigenvalue weighted by Gasteiger charge is 2.14. The number of benzene rings is 1. The predicted octanol–water partition coefficient (Wildman–Crippen LogP) is 2.17. The zero-order valence-corrected chi connectivity index (χ0v) is 9.99. The predicted molar refractivity (Wildman–Crippen MR) is 61.2 cm³/mol. The normalized spacial score (nSPS) is 10.1. The van der Waals surface area contributed by atoms with Gasteiger partial charge in [0.2, 0.25) is 5.82 Å². The van der Waals surface area contributed by atoms with E-state index in [1.54, 1.807) is 0 Å². The van der Waals surface area contributed by atoms with Crippen molar-refractivity contribution >= 4 is 0 Å². The van der Waals surface area contributed by atoms with Gasteiger partial charge in [0, 0.05) is 12.0 Å². The number of nitrogens with zero attached hydrogens (tertiary/aromatic N) is 4. The van der Waals surface area contributed by atoms with Gasteiger partial charge < -0.3 is 0 Å². The summed E-state index contributed by atoms with van der Waals surface area (Å²) in [7, 11) is 0. The molecule has 1 aromatic heterocycles. The number of tetrazole rings is 1. The summed E-state index contributed by atoms with van der Waals surface area (Å²) in [6, 6.07) is 1.63. The van der Waals surface area contributed by atoms with Crippen LogP contribution >= 0.6 is 0 Å². The van der Waals surface area contributed by atoms with Crippen molar-refractivity contribution in [2.45, 2.75) is 19.9 Å². The first-order chi connectivity index (χ1) is 9.11. The van der Waals surface area contributed by atoms with Gasteiger partial charge in [-0.25, -0.2) is 13.2 Å². The molecule has 0 unspecified atom stereocenters. The Balaban J connectivity index is 2.28. The minimum Gasteiger partial charge on any atom is -0.204 e. The molecule has 0 saturated heterocycles. The molecule has 0 fully saturated rings. The van der Waals surface area contributed by atoms with Gasteiger partial charge in [-0.3, -0.25) is 0 Å². The van der Waals surface area contributed by atoms with Gasteiger partial charge >= 0.3 is 0 Å². The maximum absolute atomic E-state index is 13.1. The van der Waals surface area contributed by atoms with Gasteiger partial charge in [-0.05, 0) is 17.3 Å². The fourth-order valence-electron chi connectivity index (χ4n) is 1.36. The summed E-state index contributed by atoms with van der Waals surface area (Å²) < 4.78 is 38.9. The van der Waals surface area contributed by atoms with E-state index in [0.717, 1.165) is 12.1 Å². The SMILES string of the molecule is CCC#CCn1nnc(-c2cc(F)c(F)c(F)c2)n1. The van der Waals surface area contributed by atoms with Crippen molar-refractivity contribution in [3.63, 3.8) is 0 Å². The molecule has 19 heavy (non-hydrogen) atoms. The minimum atomic E-state index is -1.52. The van der Waals surface area contributed by atoms with Crippen molar-refractivity contribution in [2.75, 3.05) is 0 Å².